The van der Waals surface area contributed by atoms with E-state index in [0.717, 1.165) is 6.42 Å². The summed E-state index contributed by atoms with van der Waals surface area (Å²) >= 11 is 3.65. The van der Waals surface area contributed by atoms with Crippen molar-refractivity contribution in [1.82, 2.24) is 0 Å². The Labute approximate surface area is 117 Å². The number of halogens is 1. The maximum Gasteiger partial charge on any atom is 0.0241 e. The van der Waals surface area contributed by atoms with Gasteiger partial charge in [-0.15, -0.1) is 0 Å². The predicted octanol–water partition coefficient (Wildman–Crippen LogP) is 5.43. The van der Waals surface area contributed by atoms with Crippen LogP contribution in [-0.4, -0.2) is 0 Å². The molecule has 0 fully saturated rings. The lowest BCUT2D eigenvalue weighted by atomic mass is 9.77. The lowest BCUT2D eigenvalue weighted by molar-refractivity contribution is 0.460. The Morgan fingerprint density at radius 1 is 1.22 bits per heavy atom. The van der Waals surface area contributed by atoms with Crippen LogP contribution in [0.5, 0.6) is 0 Å². The van der Waals surface area contributed by atoms with Gasteiger partial charge in [-0.25, -0.2) is 0 Å². The van der Waals surface area contributed by atoms with Crippen LogP contribution in [0.4, 0.5) is 0 Å². The molecule has 1 heteroatoms. The molecular weight excluding hydrogens is 284 g/mol. The Morgan fingerprint density at radius 3 is 2.78 bits per heavy atom. The second-order valence-corrected chi connectivity index (χ2v) is 6.80. The first kappa shape index (κ1) is 12.0. The topological polar surface area (TPSA) is 0 Å². The second kappa shape index (κ2) is 4.24. The standard InChI is InChI=1S/C17H17Br/c1-17(2)10-13(9-14(18)11-17)16-8-7-12-5-3-4-6-15(12)16/h3-9,11,16H,10H2,1-2H3. The zero-order valence-electron chi connectivity index (χ0n) is 10.8. The van der Waals surface area contributed by atoms with E-state index in [1.165, 1.54) is 21.2 Å². The maximum absolute atomic E-state index is 3.65. The monoisotopic (exact) mass is 300 g/mol. The smallest absolute Gasteiger partial charge is 0.0241 e. The van der Waals surface area contributed by atoms with Crippen LogP contribution in [-0.2, 0) is 0 Å². The van der Waals surface area contributed by atoms with Crippen LogP contribution in [0.15, 0.2) is 52.5 Å². The van der Waals surface area contributed by atoms with Crippen molar-refractivity contribution >= 4 is 22.0 Å². The number of hydrogen-bond acceptors (Lipinski definition) is 0. The highest BCUT2D eigenvalue weighted by molar-refractivity contribution is 9.11. The molecule has 0 amide bonds. The third-order valence-corrected chi connectivity index (χ3v) is 4.17. The SMILES string of the molecule is CC1(C)C=C(Br)C=C(C2C=Cc3ccccc32)C1. The van der Waals surface area contributed by atoms with Gasteiger partial charge in [0.1, 0.15) is 0 Å². The molecule has 2 aliphatic rings. The minimum absolute atomic E-state index is 0.244. The molecule has 1 unspecified atom stereocenters. The lowest BCUT2D eigenvalue weighted by Crippen LogP contribution is -2.15. The van der Waals surface area contributed by atoms with Gasteiger partial charge in [0, 0.05) is 10.4 Å². The highest BCUT2D eigenvalue weighted by atomic mass is 79.9. The Hall–Kier alpha value is -1.08. The molecule has 0 N–H and O–H groups in total. The molecule has 0 spiro atoms. The fourth-order valence-corrected chi connectivity index (χ4v) is 3.91. The number of fused-ring (bicyclic) bond motifs is 1. The minimum atomic E-state index is 0.244. The summed E-state index contributed by atoms with van der Waals surface area (Å²) in [7, 11) is 0. The van der Waals surface area contributed by atoms with Gasteiger partial charge in [-0.2, -0.15) is 0 Å². The molecule has 18 heavy (non-hydrogen) atoms. The minimum Gasteiger partial charge on any atom is -0.0723 e. The largest absolute Gasteiger partial charge is 0.0723 e. The first-order valence-corrected chi connectivity index (χ1v) is 7.20. The number of allylic oxidation sites excluding steroid dienone is 5. The summed E-state index contributed by atoms with van der Waals surface area (Å²) in [5.41, 5.74) is 4.57. The number of rotatable bonds is 1. The summed E-state index contributed by atoms with van der Waals surface area (Å²) in [6.45, 7) is 4.59. The second-order valence-electron chi connectivity index (χ2n) is 5.88. The maximum atomic E-state index is 3.65. The van der Waals surface area contributed by atoms with Gasteiger partial charge in [-0.1, -0.05) is 77.8 Å². The van der Waals surface area contributed by atoms with Crippen molar-refractivity contribution in [2.75, 3.05) is 0 Å². The fourth-order valence-electron chi connectivity index (χ4n) is 2.99. The van der Waals surface area contributed by atoms with Crippen molar-refractivity contribution in [2.24, 2.45) is 5.41 Å². The molecule has 0 aromatic heterocycles. The van der Waals surface area contributed by atoms with E-state index in [0.29, 0.717) is 5.92 Å². The Balaban J connectivity index is 1.99. The van der Waals surface area contributed by atoms with Gasteiger partial charge in [-0.3, -0.25) is 0 Å². The van der Waals surface area contributed by atoms with Crippen LogP contribution >= 0.6 is 15.9 Å². The van der Waals surface area contributed by atoms with Crippen LogP contribution in [0.2, 0.25) is 0 Å². The Morgan fingerprint density at radius 2 is 2.00 bits per heavy atom. The van der Waals surface area contributed by atoms with Gasteiger partial charge in [-0.05, 0) is 29.0 Å². The van der Waals surface area contributed by atoms with E-state index in [4.69, 9.17) is 0 Å². The normalized spacial score (nSPS) is 24.5. The van der Waals surface area contributed by atoms with E-state index >= 15 is 0 Å². The first-order chi connectivity index (χ1) is 8.55. The van der Waals surface area contributed by atoms with Crippen molar-refractivity contribution in [3.8, 4) is 0 Å². The average molecular weight is 301 g/mol. The first-order valence-electron chi connectivity index (χ1n) is 6.41. The molecule has 0 radical (unpaired) electrons. The summed E-state index contributed by atoms with van der Waals surface area (Å²) in [6, 6.07) is 8.70. The molecule has 1 aromatic rings. The zero-order valence-corrected chi connectivity index (χ0v) is 12.4. The molecule has 0 heterocycles. The summed E-state index contributed by atoms with van der Waals surface area (Å²) in [6.07, 6.45) is 10.3. The van der Waals surface area contributed by atoms with E-state index in [2.05, 4.69) is 78.3 Å². The van der Waals surface area contributed by atoms with Crippen LogP contribution in [0, 0.1) is 5.41 Å². The molecule has 0 saturated carbocycles. The van der Waals surface area contributed by atoms with Crippen molar-refractivity contribution in [1.29, 1.82) is 0 Å². The van der Waals surface area contributed by atoms with E-state index in [-0.39, 0.29) is 5.41 Å². The molecule has 0 bridgehead atoms. The molecular formula is C17H17Br. The Bertz CT molecular complexity index is 573. The molecule has 2 aliphatic carbocycles. The highest BCUT2D eigenvalue weighted by Crippen LogP contribution is 2.44. The van der Waals surface area contributed by atoms with E-state index in [9.17, 15) is 0 Å². The molecule has 0 saturated heterocycles. The van der Waals surface area contributed by atoms with Crippen LogP contribution in [0.25, 0.3) is 6.08 Å². The van der Waals surface area contributed by atoms with Crippen LogP contribution in [0.3, 0.4) is 0 Å². The van der Waals surface area contributed by atoms with Gasteiger partial charge in [0.2, 0.25) is 0 Å². The lowest BCUT2D eigenvalue weighted by Gasteiger charge is -2.29. The van der Waals surface area contributed by atoms with Gasteiger partial charge in [0.25, 0.3) is 0 Å². The average Bonchev–Trinajstić information content (AvgIpc) is 2.69. The van der Waals surface area contributed by atoms with E-state index in [1.54, 1.807) is 0 Å². The number of benzene rings is 1. The molecule has 1 aromatic carbocycles. The molecule has 0 aliphatic heterocycles. The van der Waals surface area contributed by atoms with Crippen molar-refractivity contribution in [3.05, 3.63) is 63.7 Å². The molecule has 92 valence electrons. The quantitative estimate of drug-likeness (QED) is 0.648. The van der Waals surface area contributed by atoms with Crippen molar-refractivity contribution in [3.63, 3.8) is 0 Å². The highest BCUT2D eigenvalue weighted by Gasteiger charge is 2.28. The van der Waals surface area contributed by atoms with Crippen molar-refractivity contribution in [2.45, 2.75) is 26.2 Å². The summed E-state index contributed by atoms with van der Waals surface area (Å²) < 4.78 is 1.21. The van der Waals surface area contributed by atoms with E-state index < -0.39 is 0 Å². The molecule has 0 nitrogen and oxygen atoms in total. The Kier molecular flexibility index (Phi) is 2.82. The van der Waals surface area contributed by atoms with Gasteiger partial charge >= 0.3 is 0 Å². The predicted molar refractivity (Wildman–Crippen MR) is 81.7 cm³/mol. The van der Waals surface area contributed by atoms with Gasteiger partial charge in [0.15, 0.2) is 0 Å². The molecule has 3 rings (SSSR count). The summed E-state index contributed by atoms with van der Waals surface area (Å²) in [5, 5.41) is 0. The van der Waals surface area contributed by atoms with Gasteiger partial charge < -0.3 is 0 Å². The van der Waals surface area contributed by atoms with Gasteiger partial charge in [0.05, 0.1) is 0 Å². The van der Waals surface area contributed by atoms with Crippen LogP contribution in [0.1, 0.15) is 37.3 Å². The summed E-state index contributed by atoms with van der Waals surface area (Å²) in [5.74, 6) is 0.460. The third kappa shape index (κ3) is 2.12. The third-order valence-electron chi connectivity index (χ3n) is 3.71. The molecule has 1 atom stereocenters. The van der Waals surface area contributed by atoms with Crippen molar-refractivity contribution < 1.29 is 0 Å². The fraction of sp³-hybridized carbons (Fsp3) is 0.294. The van der Waals surface area contributed by atoms with Crippen LogP contribution < -0.4 is 0 Å². The van der Waals surface area contributed by atoms with E-state index in [1.807, 2.05) is 0 Å². The summed E-state index contributed by atoms with van der Waals surface area (Å²) in [4.78, 5) is 0. The zero-order chi connectivity index (χ0) is 12.8. The number of hydrogen-bond donors (Lipinski definition) is 0.